The second-order valence-corrected chi connectivity index (χ2v) is 6.60. The predicted octanol–water partition coefficient (Wildman–Crippen LogP) is 0.391. The van der Waals surface area contributed by atoms with E-state index in [2.05, 4.69) is 0 Å². The van der Waals surface area contributed by atoms with E-state index in [4.69, 9.17) is 20.6 Å². The van der Waals surface area contributed by atoms with E-state index in [1.807, 2.05) is 0 Å². The average Bonchev–Trinajstić information content (AvgIpc) is 0.722. The maximum absolute atomic E-state index is 4.98. The Bertz CT molecular complexity index is 90.1. The van der Waals surface area contributed by atoms with Gasteiger partial charge in [-0.3, -0.25) is 0 Å². The average molecular weight is 191 g/mol. The first kappa shape index (κ1) is 6.27. The van der Waals surface area contributed by atoms with Gasteiger partial charge in [-0.25, -0.2) is 0 Å². The van der Waals surface area contributed by atoms with Gasteiger partial charge in [0.05, 0.1) is 0 Å². The topological polar surface area (TPSA) is 0 Å². The van der Waals surface area contributed by atoms with E-state index in [1.165, 1.54) is 0 Å². The standard InChI is InChI=1S/B3IS/c1-5(2,3)4. The number of halogens is 1. The fourth-order valence-electron chi connectivity index (χ4n) is 0. The van der Waals surface area contributed by atoms with Crippen molar-refractivity contribution in [2.45, 2.75) is 0 Å². The SMILES string of the molecule is [B]S(=[B])(=[B])I. The number of rotatable bonds is 0. The van der Waals surface area contributed by atoms with Crippen LogP contribution in [-0.4, -0.2) is 20.6 Å². The van der Waals surface area contributed by atoms with E-state index in [9.17, 15) is 0 Å². The molecule has 0 amide bonds. The van der Waals surface area contributed by atoms with Crippen LogP contribution in [0.5, 0.6) is 0 Å². The molecule has 0 N–H and O–H groups in total. The van der Waals surface area contributed by atoms with Gasteiger partial charge >= 0.3 is 47.7 Å². The van der Waals surface area contributed by atoms with Crippen LogP contribution in [0.2, 0.25) is 0 Å². The molecule has 0 rings (SSSR count). The third-order valence-corrected chi connectivity index (χ3v) is 0. The van der Waals surface area contributed by atoms with Gasteiger partial charge in [-0.15, -0.1) is 0 Å². The number of hydrogen-bond donors (Lipinski definition) is 0. The van der Waals surface area contributed by atoms with Gasteiger partial charge in [0, 0.05) is 0 Å². The number of hydrogen-bond acceptors (Lipinski definition) is 0. The van der Waals surface area contributed by atoms with Crippen LogP contribution in [0, 0.1) is 0 Å². The molecule has 0 aliphatic carbocycles. The Kier molecular flexibility index (Phi) is 2.29. The van der Waals surface area contributed by atoms with Crippen molar-refractivity contribution in [3.05, 3.63) is 0 Å². The van der Waals surface area contributed by atoms with Gasteiger partial charge in [0.1, 0.15) is 0 Å². The summed E-state index contributed by atoms with van der Waals surface area (Å²) in [6.45, 7) is 9.96. The Hall–Kier alpha value is 1.27. The minimum absolute atomic E-state index is 1.70. The summed E-state index contributed by atoms with van der Waals surface area (Å²) in [4.78, 5) is 0. The van der Waals surface area contributed by atoms with Gasteiger partial charge < -0.3 is 0 Å². The van der Waals surface area contributed by atoms with E-state index < -0.39 is 5.90 Å². The van der Waals surface area contributed by atoms with Crippen molar-refractivity contribution in [3.8, 4) is 0 Å². The Morgan fingerprint density at radius 3 is 1.40 bits per heavy atom. The molecule has 0 aliphatic rings. The van der Waals surface area contributed by atoms with Gasteiger partial charge in [-0.1, -0.05) is 0 Å². The fourth-order valence-corrected chi connectivity index (χ4v) is 0. The van der Waals surface area contributed by atoms with Gasteiger partial charge in [0.25, 0.3) is 0 Å². The monoisotopic (exact) mass is 192 g/mol. The molecule has 5 heteroatoms. The Balaban J connectivity index is 4.06. The summed E-state index contributed by atoms with van der Waals surface area (Å²) < 4.78 is 0. The van der Waals surface area contributed by atoms with E-state index in [0.29, 0.717) is 0 Å². The summed E-state index contributed by atoms with van der Waals surface area (Å²) >= 11 is 1.79. The zero-order chi connectivity index (χ0) is 4.50. The van der Waals surface area contributed by atoms with E-state index in [1.54, 1.807) is 21.2 Å². The van der Waals surface area contributed by atoms with Crippen molar-refractivity contribution in [2.75, 3.05) is 0 Å². The normalized spacial score (nSPS) is 11.0. The maximum atomic E-state index is 4.98. The van der Waals surface area contributed by atoms with Crippen LogP contribution in [0.25, 0.3) is 0 Å². The first-order chi connectivity index (χ1) is 2.00. The molecule has 0 aromatic heterocycles. The zero-order valence-electron chi connectivity index (χ0n) is 2.52. The fraction of sp³-hybridized carbons (Fsp3) is 0. The van der Waals surface area contributed by atoms with Crippen LogP contribution in [0.3, 0.4) is 0 Å². The second kappa shape index (κ2) is 1.82. The van der Waals surface area contributed by atoms with Crippen molar-refractivity contribution >= 4 is 47.7 Å². The summed E-state index contributed by atoms with van der Waals surface area (Å²) in [5.74, 6) is -1.70. The molecule has 5 heavy (non-hydrogen) atoms. The van der Waals surface area contributed by atoms with Crippen molar-refractivity contribution < 1.29 is 0 Å². The first-order valence-electron chi connectivity index (χ1n) is 0.861. The molecule has 0 bridgehead atoms. The first-order valence-corrected chi connectivity index (χ1v) is 5.23. The third kappa shape index (κ3) is 34.8. The molecular formula is B3IS. The summed E-state index contributed by atoms with van der Waals surface area (Å²) in [5, 5.41) is 0. The Morgan fingerprint density at radius 2 is 1.40 bits per heavy atom. The zero-order valence-corrected chi connectivity index (χ0v) is 5.49. The molecule has 0 heterocycles. The molecule has 0 aromatic carbocycles. The van der Waals surface area contributed by atoms with Crippen LogP contribution < -0.4 is 0 Å². The molecule has 0 nitrogen and oxygen atoms in total. The molecule has 0 aromatic rings. The van der Waals surface area contributed by atoms with Crippen LogP contribution in [0.15, 0.2) is 0 Å². The molecule has 0 saturated heterocycles. The summed E-state index contributed by atoms with van der Waals surface area (Å²) in [6.07, 6.45) is 0. The van der Waals surface area contributed by atoms with Gasteiger partial charge in [0.15, 0.2) is 0 Å². The van der Waals surface area contributed by atoms with Crippen LogP contribution >= 0.6 is 27.1 Å². The van der Waals surface area contributed by atoms with Crippen LogP contribution in [0.1, 0.15) is 0 Å². The van der Waals surface area contributed by atoms with Crippen molar-refractivity contribution in [1.82, 2.24) is 0 Å². The van der Waals surface area contributed by atoms with Gasteiger partial charge in [-0.2, -0.15) is 0 Å². The molecule has 4 radical (unpaired) electrons. The van der Waals surface area contributed by atoms with Gasteiger partial charge in [0.2, 0.25) is 0 Å². The summed E-state index contributed by atoms with van der Waals surface area (Å²) in [6, 6.07) is 0. The van der Waals surface area contributed by atoms with E-state index in [-0.39, 0.29) is 0 Å². The van der Waals surface area contributed by atoms with Crippen LogP contribution in [-0.2, 0) is 0 Å². The van der Waals surface area contributed by atoms with Crippen molar-refractivity contribution in [3.63, 3.8) is 0 Å². The van der Waals surface area contributed by atoms with E-state index in [0.717, 1.165) is 0 Å². The molecule has 0 unspecified atom stereocenters. The van der Waals surface area contributed by atoms with E-state index >= 15 is 0 Å². The molecule has 22 valence electrons. The molecule has 0 aliphatic heterocycles. The molecule has 0 saturated carbocycles. The van der Waals surface area contributed by atoms with Crippen LogP contribution in [0.4, 0.5) is 0 Å². The summed E-state index contributed by atoms with van der Waals surface area (Å²) in [5.41, 5.74) is 0. The molecule has 0 spiro atoms. The van der Waals surface area contributed by atoms with Gasteiger partial charge in [-0.05, 0) is 0 Å². The molecule has 0 atom stereocenters. The third-order valence-electron chi connectivity index (χ3n) is 0. The van der Waals surface area contributed by atoms with Crippen molar-refractivity contribution in [2.24, 2.45) is 0 Å². The Morgan fingerprint density at radius 1 is 1.40 bits per heavy atom. The molecule has 0 fully saturated rings. The summed E-state index contributed by atoms with van der Waals surface area (Å²) in [7, 11) is 4.98. The minimum atomic E-state index is -1.70. The Labute approximate surface area is 47.6 Å². The second-order valence-electron chi connectivity index (χ2n) is 0.676. The predicted molar refractivity (Wildman–Crippen MR) is 38.9 cm³/mol. The molecular weight excluding hydrogens is 191 g/mol. The van der Waals surface area contributed by atoms with Crippen molar-refractivity contribution in [1.29, 1.82) is 0 Å². The quantitative estimate of drug-likeness (QED) is 0.384.